The summed E-state index contributed by atoms with van der Waals surface area (Å²) in [5.41, 5.74) is 1.23. The molecular weight excluding hydrogens is 408 g/mol. The Morgan fingerprint density at radius 2 is 1.81 bits per heavy atom. The first kappa shape index (κ1) is 21.9. The Kier molecular flexibility index (Phi) is 7.78. The van der Waals surface area contributed by atoms with Crippen molar-refractivity contribution >= 4 is 24.2 Å². The van der Waals surface area contributed by atoms with Crippen molar-refractivity contribution in [2.75, 3.05) is 13.7 Å². The Bertz CT molecular complexity index is 553. The summed E-state index contributed by atoms with van der Waals surface area (Å²) in [4.78, 5) is 0.509. The first-order chi connectivity index (χ1) is 12.1. The smallest absolute Gasteiger partial charge is 0.191 e. The van der Waals surface area contributed by atoms with Crippen LogP contribution in [0.4, 0.5) is 0 Å². The van der Waals surface area contributed by atoms with Gasteiger partial charge in [-0.25, -0.2) is 0 Å². The second-order valence-corrected chi connectivity index (χ2v) is 14.9. The monoisotopic (exact) mass is 442 g/mol. The normalized spacial score (nSPS) is 24.5. The van der Waals surface area contributed by atoms with Crippen molar-refractivity contribution < 1.29 is 13.9 Å². The van der Waals surface area contributed by atoms with Crippen LogP contribution in [0.15, 0.2) is 24.3 Å². The van der Waals surface area contributed by atoms with Crippen LogP contribution in [-0.4, -0.2) is 33.0 Å². The molecule has 1 aromatic carbocycles. The van der Waals surface area contributed by atoms with E-state index in [2.05, 4.69) is 61.9 Å². The summed E-state index contributed by atoms with van der Waals surface area (Å²) >= 11 is 3.83. The van der Waals surface area contributed by atoms with Crippen molar-refractivity contribution in [3.63, 3.8) is 0 Å². The third-order valence-corrected chi connectivity index (χ3v) is 11.1. The molecule has 1 fully saturated rings. The molecule has 0 N–H and O–H groups in total. The maximum absolute atomic E-state index is 6.40. The van der Waals surface area contributed by atoms with Crippen molar-refractivity contribution in [2.45, 2.75) is 81.6 Å². The van der Waals surface area contributed by atoms with E-state index in [0.717, 1.165) is 38.0 Å². The third kappa shape index (κ3) is 6.08. The zero-order valence-electron chi connectivity index (χ0n) is 17.2. The highest BCUT2D eigenvalue weighted by Crippen LogP contribution is 2.38. The predicted molar refractivity (Wildman–Crippen MR) is 115 cm³/mol. The highest BCUT2D eigenvalue weighted by atomic mass is 79.9. The molecule has 0 aliphatic carbocycles. The molecule has 0 aromatic heterocycles. The number of ether oxygens (including phenoxy) is 2. The zero-order chi connectivity index (χ0) is 19.4. The molecule has 0 unspecified atom stereocenters. The summed E-state index contributed by atoms with van der Waals surface area (Å²) in [5.74, 6) is 0.888. The van der Waals surface area contributed by atoms with E-state index < -0.39 is 8.32 Å². The molecule has 26 heavy (non-hydrogen) atoms. The highest BCUT2D eigenvalue weighted by Gasteiger charge is 2.37. The molecule has 0 amide bonds. The van der Waals surface area contributed by atoms with Crippen LogP contribution in [-0.2, 0) is 9.16 Å². The first-order valence-corrected chi connectivity index (χ1v) is 13.5. The third-order valence-electron chi connectivity index (χ3n) is 5.77. The van der Waals surface area contributed by atoms with Gasteiger partial charge in [0.25, 0.3) is 0 Å². The number of halogens is 1. The van der Waals surface area contributed by atoms with Crippen molar-refractivity contribution in [3.05, 3.63) is 29.8 Å². The van der Waals surface area contributed by atoms with E-state index in [1.54, 1.807) is 7.11 Å². The number of methoxy groups -OCH3 is 1. The summed E-state index contributed by atoms with van der Waals surface area (Å²) in [6, 6.07) is 8.26. The first-order valence-electron chi connectivity index (χ1n) is 9.70. The van der Waals surface area contributed by atoms with Gasteiger partial charge in [-0.15, -0.1) is 0 Å². The molecule has 1 aliphatic rings. The molecule has 1 saturated heterocycles. The van der Waals surface area contributed by atoms with Crippen molar-refractivity contribution in [1.82, 2.24) is 0 Å². The Hall–Kier alpha value is -0.363. The van der Waals surface area contributed by atoms with Gasteiger partial charge in [-0.2, -0.15) is 0 Å². The Labute approximate surface area is 169 Å². The summed E-state index contributed by atoms with van der Waals surface area (Å²) in [6.07, 6.45) is 4.67. The quantitative estimate of drug-likeness (QED) is 0.274. The van der Waals surface area contributed by atoms with Crippen LogP contribution in [0.2, 0.25) is 18.1 Å². The second kappa shape index (κ2) is 9.22. The van der Waals surface area contributed by atoms with Gasteiger partial charge in [0.1, 0.15) is 5.75 Å². The number of hydrogen-bond donors (Lipinski definition) is 0. The summed E-state index contributed by atoms with van der Waals surface area (Å²) in [7, 11) is 0.0547. The van der Waals surface area contributed by atoms with E-state index in [-0.39, 0.29) is 11.1 Å². The second-order valence-electron chi connectivity index (χ2n) is 8.84. The van der Waals surface area contributed by atoms with E-state index in [9.17, 15) is 0 Å². The van der Waals surface area contributed by atoms with Crippen LogP contribution in [0.5, 0.6) is 5.75 Å². The summed E-state index contributed by atoms with van der Waals surface area (Å²) in [6.45, 7) is 12.3. The molecular formula is C21H35BrO3Si. The molecule has 0 radical (unpaired) electrons. The molecule has 148 valence electrons. The molecule has 5 heteroatoms. The van der Waals surface area contributed by atoms with Crippen LogP contribution in [0, 0.1) is 0 Å². The fourth-order valence-electron chi connectivity index (χ4n) is 3.03. The SMILES string of the molecule is COc1ccc([C@H]2C[C@@H](Br)C[C@@H](CCCO[Si](C)(C)C(C)(C)C)O2)cc1. The van der Waals surface area contributed by atoms with Crippen molar-refractivity contribution in [1.29, 1.82) is 0 Å². The van der Waals surface area contributed by atoms with Gasteiger partial charge in [0.2, 0.25) is 0 Å². The van der Waals surface area contributed by atoms with Gasteiger partial charge in [-0.05, 0) is 61.5 Å². The van der Waals surface area contributed by atoms with Crippen LogP contribution in [0.25, 0.3) is 0 Å². The Morgan fingerprint density at radius 3 is 2.38 bits per heavy atom. The van der Waals surface area contributed by atoms with Crippen molar-refractivity contribution in [3.8, 4) is 5.75 Å². The largest absolute Gasteiger partial charge is 0.497 e. The minimum absolute atomic E-state index is 0.158. The fraction of sp³-hybridized carbons (Fsp3) is 0.714. The average molecular weight is 443 g/mol. The number of benzene rings is 1. The molecule has 1 aromatic rings. The van der Waals surface area contributed by atoms with Gasteiger partial charge in [-0.1, -0.05) is 48.8 Å². The van der Waals surface area contributed by atoms with E-state index >= 15 is 0 Å². The van der Waals surface area contributed by atoms with Crippen molar-refractivity contribution in [2.24, 2.45) is 0 Å². The summed E-state index contributed by atoms with van der Waals surface area (Å²) < 4.78 is 18.0. The lowest BCUT2D eigenvalue weighted by molar-refractivity contribution is -0.0533. The Balaban J connectivity index is 1.84. The van der Waals surface area contributed by atoms with E-state index in [0.29, 0.717) is 10.9 Å². The van der Waals surface area contributed by atoms with Crippen LogP contribution in [0.1, 0.15) is 58.1 Å². The lowest BCUT2D eigenvalue weighted by Crippen LogP contribution is -2.41. The lowest BCUT2D eigenvalue weighted by atomic mass is 9.96. The van der Waals surface area contributed by atoms with Gasteiger partial charge < -0.3 is 13.9 Å². The molecule has 2 rings (SSSR count). The zero-order valence-corrected chi connectivity index (χ0v) is 19.8. The number of alkyl halides is 1. The maximum Gasteiger partial charge on any atom is 0.191 e. The number of hydrogen-bond acceptors (Lipinski definition) is 3. The van der Waals surface area contributed by atoms with Crippen LogP contribution in [0.3, 0.4) is 0 Å². The molecule has 0 spiro atoms. The average Bonchev–Trinajstić information content (AvgIpc) is 2.57. The molecule has 3 atom stereocenters. The molecule has 1 heterocycles. The van der Waals surface area contributed by atoms with E-state index in [1.807, 2.05) is 12.1 Å². The predicted octanol–water partition coefficient (Wildman–Crippen LogP) is 6.48. The summed E-state index contributed by atoms with van der Waals surface area (Å²) in [5, 5.41) is 0.273. The molecule has 1 aliphatic heterocycles. The van der Waals surface area contributed by atoms with Gasteiger partial charge >= 0.3 is 0 Å². The standard InChI is InChI=1S/C21H35BrO3Si/c1-21(2,3)26(5,6)24-13-7-8-19-14-17(22)15-20(25-19)16-9-11-18(23-4)12-10-16/h9-12,17,19-20H,7-8,13-15H2,1-6H3/t17-,19+,20+/m0/s1. The van der Waals surface area contributed by atoms with Gasteiger partial charge in [0.15, 0.2) is 8.32 Å². The minimum Gasteiger partial charge on any atom is -0.497 e. The molecule has 3 nitrogen and oxygen atoms in total. The van der Waals surface area contributed by atoms with E-state index in [4.69, 9.17) is 13.9 Å². The van der Waals surface area contributed by atoms with Crippen LogP contribution >= 0.6 is 15.9 Å². The van der Waals surface area contributed by atoms with E-state index in [1.165, 1.54) is 5.56 Å². The minimum atomic E-state index is -1.64. The van der Waals surface area contributed by atoms with Gasteiger partial charge in [0.05, 0.1) is 19.3 Å². The van der Waals surface area contributed by atoms with Crippen LogP contribution < -0.4 is 4.74 Å². The molecule has 0 saturated carbocycles. The topological polar surface area (TPSA) is 27.7 Å². The maximum atomic E-state index is 6.40. The highest BCUT2D eigenvalue weighted by molar-refractivity contribution is 9.09. The number of rotatable bonds is 7. The van der Waals surface area contributed by atoms with Gasteiger partial charge in [-0.3, -0.25) is 0 Å². The fourth-order valence-corrected chi connectivity index (χ4v) is 4.88. The Morgan fingerprint density at radius 1 is 1.15 bits per heavy atom. The lowest BCUT2D eigenvalue weighted by Gasteiger charge is -2.37. The molecule has 0 bridgehead atoms. The van der Waals surface area contributed by atoms with Gasteiger partial charge in [0, 0.05) is 11.4 Å².